The first-order valence-corrected chi connectivity index (χ1v) is 7.41. The molecule has 0 saturated heterocycles. The summed E-state index contributed by atoms with van der Waals surface area (Å²) in [5.74, 6) is 0.359. The van der Waals surface area contributed by atoms with Crippen LogP contribution in [0.25, 0.3) is 0 Å². The quantitative estimate of drug-likeness (QED) is 0.808. The molecule has 1 aromatic carbocycles. The highest BCUT2D eigenvalue weighted by Crippen LogP contribution is 2.37. The van der Waals surface area contributed by atoms with E-state index in [2.05, 4.69) is 5.32 Å². The standard InChI is InChI=1S/C16H25F3N2/c1-5-12(3)11-21(4)15-8-7-13(10-20-6-2)9-14(15)16(17,18)19/h7-9,12,20H,5-6,10-11H2,1-4H3. The van der Waals surface area contributed by atoms with Gasteiger partial charge in [-0.2, -0.15) is 13.2 Å². The summed E-state index contributed by atoms with van der Waals surface area (Å²) in [6, 6.07) is 4.60. The van der Waals surface area contributed by atoms with Gasteiger partial charge >= 0.3 is 6.18 Å². The summed E-state index contributed by atoms with van der Waals surface area (Å²) in [7, 11) is 1.72. The van der Waals surface area contributed by atoms with E-state index in [1.807, 2.05) is 20.8 Å². The molecular weight excluding hydrogens is 277 g/mol. The predicted octanol–water partition coefficient (Wildman–Crippen LogP) is 4.30. The van der Waals surface area contributed by atoms with Crippen molar-refractivity contribution < 1.29 is 13.2 Å². The maximum Gasteiger partial charge on any atom is 0.418 e. The van der Waals surface area contributed by atoms with E-state index in [1.165, 1.54) is 6.07 Å². The van der Waals surface area contributed by atoms with Crippen LogP contribution in [0.2, 0.25) is 0 Å². The number of nitrogens with one attached hydrogen (secondary N) is 1. The first-order valence-electron chi connectivity index (χ1n) is 7.41. The van der Waals surface area contributed by atoms with E-state index in [9.17, 15) is 13.2 Å². The van der Waals surface area contributed by atoms with Gasteiger partial charge in [0.05, 0.1) is 5.56 Å². The second-order valence-corrected chi connectivity index (χ2v) is 5.52. The van der Waals surface area contributed by atoms with Crippen LogP contribution in [0.4, 0.5) is 18.9 Å². The van der Waals surface area contributed by atoms with Gasteiger partial charge in [-0.05, 0) is 30.2 Å². The van der Waals surface area contributed by atoms with Crippen LogP contribution in [0.5, 0.6) is 0 Å². The van der Waals surface area contributed by atoms with E-state index in [0.717, 1.165) is 13.0 Å². The van der Waals surface area contributed by atoms with Gasteiger partial charge in [0.1, 0.15) is 0 Å². The number of alkyl halides is 3. The molecule has 0 aliphatic heterocycles. The zero-order chi connectivity index (χ0) is 16.0. The molecule has 21 heavy (non-hydrogen) atoms. The number of nitrogens with zero attached hydrogens (tertiary/aromatic N) is 1. The van der Waals surface area contributed by atoms with Crippen molar-refractivity contribution >= 4 is 5.69 Å². The molecule has 0 aliphatic carbocycles. The van der Waals surface area contributed by atoms with Gasteiger partial charge in [-0.3, -0.25) is 0 Å². The lowest BCUT2D eigenvalue weighted by atomic mass is 10.0. The Hall–Kier alpha value is -1.23. The minimum atomic E-state index is -4.33. The Balaban J connectivity index is 3.07. The lowest BCUT2D eigenvalue weighted by Crippen LogP contribution is -2.26. The summed E-state index contributed by atoms with van der Waals surface area (Å²) in [6.07, 6.45) is -3.38. The predicted molar refractivity (Wildman–Crippen MR) is 81.5 cm³/mol. The van der Waals surface area contributed by atoms with E-state index in [4.69, 9.17) is 0 Å². The highest BCUT2D eigenvalue weighted by molar-refractivity contribution is 5.56. The van der Waals surface area contributed by atoms with Gasteiger partial charge < -0.3 is 10.2 Å². The third-order valence-corrected chi connectivity index (χ3v) is 3.64. The van der Waals surface area contributed by atoms with Crippen LogP contribution in [0.1, 0.15) is 38.3 Å². The van der Waals surface area contributed by atoms with Crippen LogP contribution in [0.15, 0.2) is 18.2 Å². The maximum atomic E-state index is 13.3. The summed E-state index contributed by atoms with van der Waals surface area (Å²) in [5.41, 5.74) is 0.358. The van der Waals surface area contributed by atoms with Gasteiger partial charge in [-0.15, -0.1) is 0 Å². The molecule has 1 aromatic rings. The average molecular weight is 302 g/mol. The summed E-state index contributed by atoms with van der Waals surface area (Å²) < 4.78 is 39.8. The molecule has 1 rings (SSSR count). The van der Waals surface area contributed by atoms with Gasteiger partial charge in [0, 0.05) is 25.8 Å². The highest BCUT2D eigenvalue weighted by atomic mass is 19.4. The second kappa shape index (κ2) is 7.69. The largest absolute Gasteiger partial charge is 0.418 e. The van der Waals surface area contributed by atoms with Crippen molar-refractivity contribution in [3.05, 3.63) is 29.3 Å². The summed E-state index contributed by atoms with van der Waals surface area (Å²) in [6.45, 7) is 7.82. The number of hydrogen-bond acceptors (Lipinski definition) is 2. The molecule has 1 atom stereocenters. The first-order chi connectivity index (χ1) is 9.79. The topological polar surface area (TPSA) is 15.3 Å². The number of benzene rings is 1. The molecule has 0 radical (unpaired) electrons. The van der Waals surface area contributed by atoms with Crippen LogP contribution in [-0.4, -0.2) is 20.1 Å². The number of anilines is 1. The Bertz CT molecular complexity index is 444. The fourth-order valence-corrected chi connectivity index (χ4v) is 2.22. The highest BCUT2D eigenvalue weighted by Gasteiger charge is 2.34. The Morgan fingerprint density at radius 2 is 1.90 bits per heavy atom. The van der Waals surface area contributed by atoms with Crippen LogP contribution < -0.4 is 10.2 Å². The first kappa shape index (κ1) is 17.8. The monoisotopic (exact) mass is 302 g/mol. The normalized spacial score (nSPS) is 13.3. The van der Waals surface area contributed by atoms with E-state index >= 15 is 0 Å². The molecule has 0 amide bonds. The molecule has 0 saturated carbocycles. The molecule has 2 nitrogen and oxygen atoms in total. The molecule has 0 aromatic heterocycles. The van der Waals surface area contributed by atoms with Crippen molar-refractivity contribution in [2.24, 2.45) is 5.92 Å². The Morgan fingerprint density at radius 3 is 2.43 bits per heavy atom. The van der Waals surface area contributed by atoms with Gasteiger partial charge in [0.25, 0.3) is 0 Å². The van der Waals surface area contributed by atoms with Gasteiger partial charge in [0.15, 0.2) is 0 Å². The molecule has 0 fully saturated rings. The van der Waals surface area contributed by atoms with E-state index in [0.29, 0.717) is 24.6 Å². The maximum absolute atomic E-state index is 13.3. The van der Waals surface area contributed by atoms with Crippen molar-refractivity contribution in [1.29, 1.82) is 0 Å². The zero-order valence-corrected chi connectivity index (χ0v) is 13.2. The van der Waals surface area contributed by atoms with Crippen molar-refractivity contribution in [1.82, 2.24) is 5.32 Å². The molecule has 0 spiro atoms. The molecule has 0 bridgehead atoms. The Labute approximate surface area is 125 Å². The summed E-state index contributed by atoms with van der Waals surface area (Å²) in [5, 5.41) is 3.05. The minimum Gasteiger partial charge on any atom is -0.374 e. The van der Waals surface area contributed by atoms with Crippen LogP contribution in [0, 0.1) is 5.92 Å². The second-order valence-electron chi connectivity index (χ2n) is 5.52. The van der Waals surface area contributed by atoms with Crippen molar-refractivity contribution in [3.63, 3.8) is 0 Å². The number of halogens is 3. The van der Waals surface area contributed by atoms with E-state index in [-0.39, 0.29) is 5.69 Å². The van der Waals surface area contributed by atoms with Gasteiger partial charge in [-0.1, -0.05) is 33.3 Å². The molecule has 1 unspecified atom stereocenters. The van der Waals surface area contributed by atoms with E-state index in [1.54, 1.807) is 24.1 Å². The molecule has 120 valence electrons. The van der Waals surface area contributed by atoms with Crippen LogP contribution in [-0.2, 0) is 12.7 Å². The third kappa shape index (κ3) is 5.23. The minimum absolute atomic E-state index is 0.253. The SMILES string of the molecule is CCNCc1ccc(N(C)CC(C)CC)c(C(F)(F)F)c1. The Kier molecular flexibility index (Phi) is 6.52. The van der Waals surface area contributed by atoms with E-state index < -0.39 is 11.7 Å². The average Bonchev–Trinajstić information content (AvgIpc) is 2.43. The fraction of sp³-hybridized carbons (Fsp3) is 0.625. The van der Waals surface area contributed by atoms with Crippen molar-refractivity contribution in [2.45, 2.75) is 39.9 Å². The lowest BCUT2D eigenvalue weighted by molar-refractivity contribution is -0.137. The Morgan fingerprint density at radius 1 is 1.24 bits per heavy atom. The van der Waals surface area contributed by atoms with Crippen LogP contribution >= 0.6 is 0 Å². The van der Waals surface area contributed by atoms with Crippen molar-refractivity contribution in [3.8, 4) is 0 Å². The molecule has 0 heterocycles. The molecule has 1 N–H and O–H groups in total. The number of rotatable bonds is 7. The number of hydrogen-bond donors (Lipinski definition) is 1. The van der Waals surface area contributed by atoms with Crippen molar-refractivity contribution in [2.75, 3.05) is 25.0 Å². The third-order valence-electron chi connectivity index (χ3n) is 3.64. The molecule has 0 aliphatic rings. The zero-order valence-electron chi connectivity index (χ0n) is 13.2. The van der Waals surface area contributed by atoms with Crippen LogP contribution in [0.3, 0.4) is 0 Å². The summed E-state index contributed by atoms with van der Waals surface area (Å²) >= 11 is 0. The van der Waals surface area contributed by atoms with Gasteiger partial charge in [0.2, 0.25) is 0 Å². The van der Waals surface area contributed by atoms with Gasteiger partial charge in [-0.25, -0.2) is 0 Å². The lowest BCUT2D eigenvalue weighted by Gasteiger charge is -2.26. The fourth-order valence-electron chi connectivity index (χ4n) is 2.22. The molecule has 5 heteroatoms. The smallest absolute Gasteiger partial charge is 0.374 e. The summed E-state index contributed by atoms with van der Waals surface area (Å²) in [4.78, 5) is 1.70. The molecular formula is C16H25F3N2.